The molecule has 0 aliphatic heterocycles. The van der Waals surface area contributed by atoms with Gasteiger partial charge in [0.2, 0.25) is 0 Å². The summed E-state index contributed by atoms with van der Waals surface area (Å²) >= 11 is 1.75. The molecule has 4 nitrogen and oxygen atoms in total. The van der Waals surface area contributed by atoms with Crippen LogP contribution in [0.4, 0.5) is 13.2 Å². The molecule has 0 bridgehead atoms. The maximum absolute atomic E-state index is 12.1. The minimum atomic E-state index is -4.30. The molecule has 0 fully saturated rings. The number of ether oxygens (including phenoxy) is 1. The molecular weight excluding hydrogens is 466 g/mol. The van der Waals surface area contributed by atoms with Crippen LogP contribution < -0.4 is 10.6 Å². The lowest BCUT2D eigenvalue weighted by Gasteiger charge is -2.11. The zero-order valence-corrected chi connectivity index (χ0v) is 17.5. The number of rotatable bonds is 9. The van der Waals surface area contributed by atoms with Crippen molar-refractivity contribution in [1.29, 1.82) is 0 Å². The van der Waals surface area contributed by atoms with E-state index < -0.39 is 12.8 Å². The van der Waals surface area contributed by atoms with Crippen molar-refractivity contribution in [3.8, 4) is 0 Å². The summed E-state index contributed by atoms with van der Waals surface area (Å²) in [5.74, 6) is 1.71. The van der Waals surface area contributed by atoms with E-state index >= 15 is 0 Å². The van der Waals surface area contributed by atoms with Crippen LogP contribution in [0, 0.1) is 0 Å². The highest BCUT2D eigenvalue weighted by molar-refractivity contribution is 14.0. The van der Waals surface area contributed by atoms with E-state index in [1.54, 1.807) is 23.9 Å². The fourth-order valence-corrected chi connectivity index (χ4v) is 2.19. The van der Waals surface area contributed by atoms with Gasteiger partial charge < -0.3 is 15.4 Å². The molecule has 0 heterocycles. The van der Waals surface area contributed by atoms with Crippen molar-refractivity contribution in [2.45, 2.75) is 26.3 Å². The van der Waals surface area contributed by atoms with E-state index in [-0.39, 0.29) is 30.6 Å². The summed E-state index contributed by atoms with van der Waals surface area (Å²) in [6.07, 6.45) is -2.26. The molecular formula is C16H25F3IN3OS. The summed E-state index contributed by atoms with van der Waals surface area (Å²) in [7, 11) is 0. The molecule has 0 radical (unpaired) electrons. The third-order valence-corrected chi connectivity index (χ3v) is 3.50. The first kappa shape index (κ1) is 24.3. The number of guanidine groups is 1. The van der Waals surface area contributed by atoms with Gasteiger partial charge in [-0.1, -0.05) is 24.3 Å². The molecule has 0 spiro atoms. The Labute approximate surface area is 168 Å². The Morgan fingerprint density at radius 1 is 1.24 bits per heavy atom. The van der Waals surface area contributed by atoms with E-state index in [4.69, 9.17) is 0 Å². The fraction of sp³-hybridized carbons (Fsp3) is 0.562. The third-order valence-electron chi connectivity index (χ3n) is 2.89. The monoisotopic (exact) mass is 491 g/mol. The lowest BCUT2D eigenvalue weighted by Crippen LogP contribution is -2.38. The Balaban J connectivity index is 0.00000576. The van der Waals surface area contributed by atoms with Gasteiger partial charge in [0, 0.05) is 18.8 Å². The molecule has 1 aromatic carbocycles. The Morgan fingerprint density at radius 3 is 2.60 bits per heavy atom. The van der Waals surface area contributed by atoms with Gasteiger partial charge in [-0.05, 0) is 24.3 Å². The molecule has 25 heavy (non-hydrogen) atoms. The van der Waals surface area contributed by atoms with Crippen LogP contribution in [-0.2, 0) is 17.9 Å². The lowest BCUT2D eigenvalue weighted by atomic mass is 10.1. The number of halogens is 4. The van der Waals surface area contributed by atoms with Crippen molar-refractivity contribution in [2.24, 2.45) is 4.99 Å². The molecule has 0 aliphatic carbocycles. The van der Waals surface area contributed by atoms with Gasteiger partial charge in [0.05, 0.1) is 13.2 Å². The molecule has 0 aromatic heterocycles. The van der Waals surface area contributed by atoms with E-state index in [0.29, 0.717) is 12.1 Å². The van der Waals surface area contributed by atoms with Gasteiger partial charge in [-0.25, -0.2) is 4.99 Å². The average molecular weight is 491 g/mol. The Morgan fingerprint density at radius 2 is 1.96 bits per heavy atom. The van der Waals surface area contributed by atoms with Crippen molar-refractivity contribution in [1.82, 2.24) is 10.6 Å². The molecule has 0 atom stereocenters. The summed E-state index contributed by atoms with van der Waals surface area (Å²) in [4.78, 5) is 4.48. The Bertz CT molecular complexity index is 516. The smallest absolute Gasteiger partial charge is 0.367 e. The Hall–Kier alpha value is -0.680. The van der Waals surface area contributed by atoms with Crippen LogP contribution in [0.1, 0.15) is 18.1 Å². The van der Waals surface area contributed by atoms with Crippen molar-refractivity contribution < 1.29 is 17.9 Å². The van der Waals surface area contributed by atoms with Crippen molar-refractivity contribution in [3.05, 3.63) is 35.4 Å². The first-order valence-electron chi connectivity index (χ1n) is 7.68. The minimum absolute atomic E-state index is 0. The summed E-state index contributed by atoms with van der Waals surface area (Å²) in [6, 6.07) is 7.24. The molecule has 2 N–H and O–H groups in total. The summed E-state index contributed by atoms with van der Waals surface area (Å²) in [5, 5.41) is 6.38. The number of alkyl halides is 3. The van der Waals surface area contributed by atoms with E-state index in [9.17, 15) is 13.2 Å². The topological polar surface area (TPSA) is 45.7 Å². The molecule has 1 aromatic rings. The SMILES string of the molecule is CCNC(=NCc1cccc(COCC(F)(F)F)c1)NCCSC.I. The standard InChI is InChI=1S/C16H24F3N3OS.HI/c1-3-20-15(21-7-8-24-2)22-10-13-5-4-6-14(9-13)11-23-12-16(17,18)19;/h4-6,9H,3,7-8,10-12H2,1-2H3,(H2,20,21,22);1H. The predicted molar refractivity (Wildman–Crippen MR) is 109 cm³/mol. The second kappa shape index (κ2) is 13.5. The van der Waals surface area contributed by atoms with Gasteiger partial charge in [-0.2, -0.15) is 24.9 Å². The van der Waals surface area contributed by atoms with Crippen LogP contribution in [0.5, 0.6) is 0 Å². The van der Waals surface area contributed by atoms with E-state index in [2.05, 4.69) is 20.4 Å². The average Bonchev–Trinajstić information content (AvgIpc) is 2.52. The zero-order chi connectivity index (χ0) is 17.8. The third kappa shape index (κ3) is 12.3. The highest BCUT2D eigenvalue weighted by Gasteiger charge is 2.27. The summed E-state index contributed by atoms with van der Waals surface area (Å²) < 4.78 is 40.9. The van der Waals surface area contributed by atoms with Crippen LogP contribution in [0.15, 0.2) is 29.3 Å². The minimum Gasteiger partial charge on any atom is -0.367 e. The van der Waals surface area contributed by atoms with E-state index in [0.717, 1.165) is 30.4 Å². The first-order valence-corrected chi connectivity index (χ1v) is 9.07. The molecule has 9 heteroatoms. The number of aliphatic imine (C=N–C) groups is 1. The number of benzene rings is 1. The fourth-order valence-electron chi connectivity index (χ4n) is 1.89. The van der Waals surface area contributed by atoms with Gasteiger partial charge in [0.1, 0.15) is 6.61 Å². The molecule has 0 saturated heterocycles. The maximum Gasteiger partial charge on any atom is 0.411 e. The molecule has 0 aliphatic rings. The van der Waals surface area contributed by atoms with Crippen molar-refractivity contribution in [3.63, 3.8) is 0 Å². The largest absolute Gasteiger partial charge is 0.411 e. The maximum atomic E-state index is 12.1. The number of hydrogen-bond donors (Lipinski definition) is 2. The molecule has 0 amide bonds. The quantitative estimate of drug-likeness (QED) is 0.239. The van der Waals surface area contributed by atoms with Gasteiger partial charge in [0.25, 0.3) is 0 Å². The van der Waals surface area contributed by atoms with Crippen LogP contribution in [0.3, 0.4) is 0 Å². The highest BCUT2D eigenvalue weighted by Crippen LogP contribution is 2.16. The van der Waals surface area contributed by atoms with Crippen molar-refractivity contribution >= 4 is 41.7 Å². The number of hydrogen-bond acceptors (Lipinski definition) is 3. The van der Waals surface area contributed by atoms with Crippen LogP contribution >= 0.6 is 35.7 Å². The van der Waals surface area contributed by atoms with Gasteiger partial charge in [-0.15, -0.1) is 24.0 Å². The van der Waals surface area contributed by atoms with Gasteiger partial charge in [0.15, 0.2) is 5.96 Å². The normalized spacial score (nSPS) is 11.8. The Kier molecular flexibility index (Phi) is 13.1. The zero-order valence-electron chi connectivity index (χ0n) is 14.4. The van der Waals surface area contributed by atoms with Crippen LogP contribution in [0.2, 0.25) is 0 Å². The predicted octanol–water partition coefficient (Wildman–Crippen LogP) is 3.80. The van der Waals surface area contributed by atoms with E-state index in [1.807, 2.05) is 25.3 Å². The summed E-state index contributed by atoms with van der Waals surface area (Å²) in [6.45, 7) is 2.71. The molecule has 1 rings (SSSR count). The van der Waals surface area contributed by atoms with Gasteiger partial charge in [-0.3, -0.25) is 0 Å². The van der Waals surface area contributed by atoms with Gasteiger partial charge >= 0.3 is 6.18 Å². The van der Waals surface area contributed by atoms with E-state index in [1.165, 1.54) is 0 Å². The van der Waals surface area contributed by atoms with Crippen LogP contribution in [0.25, 0.3) is 0 Å². The summed E-state index contributed by atoms with van der Waals surface area (Å²) in [5.41, 5.74) is 1.62. The molecule has 0 saturated carbocycles. The van der Waals surface area contributed by atoms with Crippen molar-refractivity contribution in [2.75, 3.05) is 31.7 Å². The second-order valence-corrected chi connectivity index (χ2v) is 6.03. The molecule has 0 unspecified atom stereocenters. The molecule has 144 valence electrons. The number of nitrogens with zero attached hydrogens (tertiary/aromatic N) is 1. The highest BCUT2D eigenvalue weighted by atomic mass is 127. The van der Waals surface area contributed by atoms with Crippen LogP contribution in [-0.4, -0.2) is 43.8 Å². The first-order chi connectivity index (χ1) is 11.4. The number of nitrogens with one attached hydrogen (secondary N) is 2. The lowest BCUT2D eigenvalue weighted by molar-refractivity contribution is -0.176. The number of thioether (sulfide) groups is 1. The second-order valence-electron chi connectivity index (χ2n) is 5.04.